The van der Waals surface area contributed by atoms with Crippen LogP contribution in [0.5, 0.6) is 5.75 Å². The smallest absolute Gasteiger partial charge is 0.271 e. The molecule has 2 aromatic carbocycles. The molecule has 0 aliphatic carbocycles. The summed E-state index contributed by atoms with van der Waals surface area (Å²) in [6.45, 7) is 2.31. The summed E-state index contributed by atoms with van der Waals surface area (Å²) in [7, 11) is -0.0871. The fraction of sp³-hybridized carbons (Fsp3) is 0.350. The molecule has 11 heteroatoms. The van der Waals surface area contributed by atoms with Gasteiger partial charge >= 0.3 is 0 Å². The van der Waals surface area contributed by atoms with Gasteiger partial charge in [-0.1, -0.05) is 12.1 Å². The number of methoxy groups -OCH3 is 1. The molecule has 0 radical (unpaired) electrons. The number of likely N-dealkylation sites (N-methyl/N-ethyl adjacent to an activating group) is 1. The second kappa shape index (κ2) is 9.41. The van der Waals surface area contributed by atoms with E-state index in [0.29, 0.717) is 31.7 Å². The summed E-state index contributed by atoms with van der Waals surface area (Å²) in [5.41, 5.74) is 0.849. The molecule has 1 saturated heterocycles. The first-order chi connectivity index (χ1) is 14.7. The minimum atomic E-state index is -3.44. The molecule has 1 N–H and O–H groups in total. The number of amides is 1. The first-order valence-corrected chi connectivity index (χ1v) is 11.2. The molecule has 3 rings (SSSR count). The van der Waals surface area contributed by atoms with Gasteiger partial charge in [-0.05, 0) is 30.8 Å². The SMILES string of the molecule is COc1ccc([N+](=O)[O-])cc1NC(=O)c1ccc(CS(=O)(=O)N2CCN(C)CC2)cc1. The van der Waals surface area contributed by atoms with Crippen LogP contribution in [0.15, 0.2) is 42.5 Å². The zero-order chi connectivity index (χ0) is 22.6. The van der Waals surface area contributed by atoms with E-state index in [-0.39, 0.29) is 28.4 Å². The van der Waals surface area contributed by atoms with Gasteiger partial charge in [0.15, 0.2) is 0 Å². The van der Waals surface area contributed by atoms with E-state index >= 15 is 0 Å². The standard InChI is InChI=1S/C20H24N4O6S/c1-22-9-11-23(12-10-22)31(28,29)14-15-3-5-16(6-4-15)20(25)21-18-13-17(24(26)27)7-8-19(18)30-2/h3-8,13H,9-12,14H2,1-2H3,(H,21,25). The number of carbonyl (C=O) groups excluding carboxylic acids is 1. The minimum absolute atomic E-state index is 0.142. The van der Waals surface area contributed by atoms with Crippen molar-refractivity contribution >= 4 is 27.3 Å². The molecular formula is C20H24N4O6S. The number of piperazine rings is 1. The Labute approximate surface area is 180 Å². The van der Waals surface area contributed by atoms with Crippen LogP contribution in [0.4, 0.5) is 11.4 Å². The van der Waals surface area contributed by atoms with Crippen molar-refractivity contribution in [2.75, 3.05) is 45.7 Å². The van der Waals surface area contributed by atoms with E-state index in [4.69, 9.17) is 4.74 Å². The van der Waals surface area contributed by atoms with Gasteiger partial charge in [-0.25, -0.2) is 8.42 Å². The van der Waals surface area contributed by atoms with Crippen LogP contribution in [0, 0.1) is 10.1 Å². The van der Waals surface area contributed by atoms with Gasteiger partial charge in [-0.15, -0.1) is 0 Å². The van der Waals surface area contributed by atoms with E-state index < -0.39 is 20.9 Å². The lowest BCUT2D eigenvalue weighted by Crippen LogP contribution is -2.47. The average molecular weight is 449 g/mol. The minimum Gasteiger partial charge on any atom is -0.495 e. The third-order valence-corrected chi connectivity index (χ3v) is 6.91. The monoisotopic (exact) mass is 448 g/mol. The van der Waals surface area contributed by atoms with Gasteiger partial charge in [0.2, 0.25) is 10.0 Å². The highest BCUT2D eigenvalue weighted by Gasteiger charge is 2.26. The van der Waals surface area contributed by atoms with E-state index in [0.717, 1.165) is 0 Å². The first kappa shape index (κ1) is 22.7. The Balaban J connectivity index is 1.69. The normalized spacial score (nSPS) is 15.4. The van der Waals surface area contributed by atoms with Crippen LogP contribution >= 0.6 is 0 Å². The number of rotatable bonds is 7. The highest BCUT2D eigenvalue weighted by Crippen LogP contribution is 2.29. The van der Waals surface area contributed by atoms with Gasteiger partial charge < -0.3 is 15.0 Å². The number of ether oxygens (including phenoxy) is 1. The lowest BCUT2D eigenvalue weighted by molar-refractivity contribution is -0.384. The predicted molar refractivity (Wildman–Crippen MR) is 116 cm³/mol. The van der Waals surface area contributed by atoms with Crippen LogP contribution in [0.3, 0.4) is 0 Å². The summed E-state index contributed by atoms with van der Waals surface area (Å²) in [5, 5.41) is 13.6. The number of hydrogen-bond acceptors (Lipinski definition) is 7. The first-order valence-electron chi connectivity index (χ1n) is 9.58. The van der Waals surface area contributed by atoms with Gasteiger partial charge in [-0.3, -0.25) is 14.9 Å². The highest BCUT2D eigenvalue weighted by molar-refractivity contribution is 7.88. The Morgan fingerprint density at radius 2 is 1.77 bits per heavy atom. The second-order valence-electron chi connectivity index (χ2n) is 7.25. The molecule has 1 amide bonds. The maximum absolute atomic E-state index is 12.6. The summed E-state index contributed by atoms with van der Waals surface area (Å²) in [4.78, 5) is 25.1. The van der Waals surface area contributed by atoms with E-state index in [9.17, 15) is 23.3 Å². The third-order valence-electron chi connectivity index (χ3n) is 5.06. The lowest BCUT2D eigenvalue weighted by Gasteiger charge is -2.31. The molecule has 166 valence electrons. The zero-order valence-corrected chi connectivity index (χ0v) is 18.1. The molecule has 31 heavy (non-hydrogen) atoms. The Bertz CT molecular complexity index is 1060. The van der Waals surface area contributed by atoms with Gasteiger partial charge in [0.1, 0.15) is 5.75 Å². The third kappa shape index (κ3) is 5.57. The highest BCUT2D eigenvalue weighted by atomic mass is 32.2. The van der Waals surface area contributed by atoms with Crippen LogP contribution in [0.2, 0.25) is 0 Å². The number of benzene rings is 2. The Hall–Kier alpha value is -3.02. The molecule has 0 spiro atoms. The van der Waals surface area contributed by atoms with E-state index in [2.05, 4.69) is 10.2 Å². The molecular weight excluding hydrogens is 424 g/mol. The van der Waals surface area contributed by atoms with Gasteiger partial charge in [0, 0.05) is 43.9 Å². The van der Waals surface area contributed by atoms with Crippen LogP contribution in [0.25, 0.3) is 0 Å². The molecule has 1 aliphatic heterocycles. The number of nitrogens with zero attached hydrogens (tertiary/aromatic N) is 3. The Morgan fingerprint density at radius 1 is 1.13 bits per heavy atom. The van der Waals surface area contributed by atoms with Crippen molar-refractivity contribution in [1.29, 1.82) is 0 Å². The quantitative estimate of drug-likeness (QED) is 0.507. The molecule has 1 aliphatic rings. The second-order valence-corrected chi connectivity index (χ2v) is 9.22. The van der Waals surface area contributed by atoms with Crippen LogP contribution in [-0.4, -0.2) is 68.8 Å². The summed E-state index contributed by atoms with van der Waals surface area (Å²) in [5.74, 6) is -0.349. The van der Waals surface area contributed by atoms with Gasteiger partial charge in [0.25, 0.3) is 11.6 Å². The van der Waals surface area contributed by atoms with Crippen LogP contribution in [-0.2, 0) is 15.8 Å². The van der Waals surface area contributed by atoms with Crippen LogP contribution in [0.1, 0.15) is 15.9 Å². The molecule has 0 saturated carbocycles. The number of sulfonamides is 1. The number of carbonyl (C=O) groups is 1. The molecule has 2 aromatic rings. The summed E-state index contributed by atoms with van der Waals surface area (Å²) < 4.78 is 31.9. The molecule has 0 aromatic heterocycles. The van der Waals surface area contributed by atoms with Crippen molar-refractivity contribution in [2.24, 2.45) is 0 Å². The number of nitro groups is 1. The van der Waals surface area contributed by atoms with Crippen molar-refractivity contribution in [3.05, 3.63) is 63.7 Å². The summed E-state index contributed by atoms with van der Waals surface area (Å²) in [6, 6.07) is 10.1. The lowest BCUT2D eigenvalue weighted by atomic mass is 10.1. The predicted octanol–water partition coefficient (Wildman–Crippen LogP) is 1.93. The largest absolute Gasteiger partial charge is 0.495 e. The summed E-state index contributed by atoms with van der Waals surface area (Å²) >= 11 is 0. The Morgan fingerprint density at radius 3 is 2.35 bits per heavy atom. The molecule has 1 fully saturated rings. The van der Waals surface area contributed by atoms with Crippen molar-refractivity contribution < 1.29 is 22.9 Å². The maximum atomic E-state index is 12.6. The number of anilines is 1. The summed E-state index contributed by atoms with van der Waals surface area (Å²) in [6.07, 6.45) is 0. The topological polar surface area (TPSA) is 122 Å². The van der Waals surface area contributed by atoms with Crippen LogP contribution < -0.4 is 10.1 Å². The molecule has 0 atom stereocenters. The number of non-ortho nitro benzene ring substituents is 1. The van der Waals surface area contributed by atoms with Crippen molar-refractivity contribution in [1.82, 2.24) is 9.21 Å². The molecule has 10 nitrogen and oxygen atoms in total. The fourth-order valence-corrected chi connectivity index (χ4v) is 4.74. The van der Waals surface area contributed by atoms with Crippen molar-refractivity contribution in [3.8, 4) is 5.75 Å². The zero-order valence-electron chi connectivity index (χ0n) is 17.3. The van der Waals surface area contributed by atoms with E-state index in [1.807, 2.05) is 7.05 Å². The average Bonchev–Trinajstić information content (AvgIpc) is 2.74. The van der Waals surface area contributed by atoms with E-state index in [1.54, 1.807) is 12.1 Å². The van der Waals surface area contributed by atoms with E-state index in [1.165, 1.54) is 41.7 Å². The molecule has 0 bridgehead atoms. The van der Waals surface area contributed by atoms with Gasteiger partial charge in [0.05, 0.1) is 23.5 Å². The maximum Gasteiger partial charge on any atom is 0.271 e. The molecule has 0 unspecified atom stereocenters. The van der Waals surface area contributed by atoms with Crippen molar-refractivity contribution in [2.45, 2.75) is 5.75 Å². The number of hydrogen-bond donors (Lipinski definition) is 1. The number of nitro benzene ring substituents is 1. The van der Waals surface area contributed by atoms with Gasteiger partial charge in [-0.2, -0.15) is 4.31 Å². The van der Waals surface area contributed by atoms with Crippen molar-refractivity contribution in [3.63, 3.8) is 0 Å². The Kier molecular flexibility index (Phi) is 6.88. The molecule has 1 heterocycles. The fourth-order valence-electron chi connectivity index (χ4n) is 3.22. The number of nitrogens with one attached hydrogen (secondary N) is 1.